The fourth-order valence-electron chi connectivity index (χ4n) is 2.61. The number of rotatable bonds is 3. The molecule has 4 aromatic rings. The van der Waals surface area contributed by atoms with Crippen molar-refractivity contribution in [2.45, 2.75) is 0 Å². The third-order valence-corrected chi connectivity index (χ3v) is 3.78. The molecule has 0 N–H and O–H groups in total. The summed E-state index contributed by atoms with van der Waals surface area (Å²) in [5.74, 6) is 0. The van der Waals surface area contributed by atoms with Crippen LogP contribution < -0.4 is 0 Å². The van der Waals surface area contributed by atoms with Gasteiger partial charge in [-0.05, 0) is 23.3 Å². The summed E-state index contributed by atoms with van der Waals surface area (Å²) < 4.78 is 0. The minimum Gasteiger partial charge on any atom is -0.261 e. The summed E-state index contributed by atoms with van der Waals surface area (Å²) >= 11 is 0. The molecule has 0 saturated heterocycles. The Hall–Kier alpha value is -3.40. The first kappa shape index (κ1) is 14.2. The van der Waals surface area contributed by atoms with Crippen LogP contribution in [-0.4, -0.2) is 19.9 Å². The minimum absolute atomic E-state index is 0.865. The van der Waals surface area contributed by atoms with Crippen LogP contribution in [0.2, 0.25) is 0 Å². The first-order valence-corrected chi connectivity index (χ1v) is 7.63. The topological polar surface area (TPSA) is 51.6 Å². The Morgan fingerprint density at radius 1 is 0.500 bits per heavy atom. The van der Waals surface area contributed by atoms with Crippen LogP contribution in [0.1, 0.15) is 0 Å². The van der Waals surface area contributed by atoms with Gasteiger partial charge in [-0.1, -0.05) is 36.4 Å². The van der Waals surface area contributed by atoms with Gasteiger partial charge in [0.25, 0.3) is 0 Å². The molecule has 0 aliphatic heterocycles. The fraction of sp³-hybridized carbons (Fsp3) is 0. The highest BCUT2D eigenvalue weighted by Gasteiger charge is 2.05. The first-order valence-electron chi connectivity index (χ1n) is 7.63. The number of hydrogen-bond acceptors (Lipinski definition) is 4. The molecule has 114 valence electrons. The van der Waals surface area contributed by atoms with Crippen molar-refractivity contribution in [1.82, 2.24) is 19.9 Å². The molecule has 0 bridgehead atoms. The summed E-state index contributed by atoms with van der Waals surface area (Å²) in [5, 5.41) is 0. The summed E-state index contributed by atoms with van der Waals surface area (Å²) in [5.41, 5.74) is 6.08. The fourth-order valence-corrected chi connectivity index (χ4v) is 2.61. The second-order valence-electron chi connectivity index (χ2n) is 5.34. The lowest BCUT2D eigenvalue weighted by atomic mass is 9.99. The summed E-state index contributed by atoms with van der Waals surface area (Å²) in [7, 11) is 0. The van der Waals surface area contributed by atoms with Gasteiger partial charge >= 0.3 is 0 Å². The highest BCUT2D eigenvalue weighted by Crippen LogP contribution is 2.27. The summed E-state index contributed by atoms with van der Waals surface area (Å²) in [6.45, 7) is 0. The van der Waals surface area contributed by atoms with Crippen molar-refractivity contribution >= 4 is 0 Å². The smallest absolute Gasteiger partial charge is 0.0885 e. The molecule has 0 saturated carbocycles. The molecule has 0 fully saturated rings. The molecule has 24 heavy (non-hydrogen) atoms. The molecule has 2 aromatic carbocycles. The van der Waals surface area contributed by atoms with Crippen LogP contribution in [-0.2, 0) is 0 Å². The minimum atomic E-state index is 0.865. The lowest BCUT2D eigenvalue weighted by Gasteiger charge is -2.07. The standard InChI is InChI=1S/C20H14N4/c1-3-15(11-17(5-1)19-13-21-7-9-23-19)16-4-2-6-18(12-16)20-14-22-8-10-24-20/h1-14H. The Morgan fingerprint density at radius 3 is 1.38 bits per heavy atom. The number of nitrogens with zero attached hydrogens (tertiary/aromatic N) is 4. The van der Waals surface area contributed by atoms with E-state index in [1.54, 1.807) is 37.2 Å². The molecular weight excluding hydrogens is 296 g/mol. The zero-order valence-corrected chi connectivity index (χ0v) is 12.9. The molecule has 2 aromatic heterocycles. The summed E-state index contributed by atoms with van der Waals surface area (Å²) in [4.78, 5) is 17.0. The summed E-state index contributed by atoms with van der Waals surface area (Å²) in [6, 6.07) is 16.6. The van der Waals surface area contributed by atoms with E-state index in [-0.39, 0.29) is 0 Å². The molecule has 0 radical (unpaired) electrons. The molecule has 0 atom stereocenters. The average molecular weight is 310 g/mol. The van der Waals surface area contributed by atoms with Gasteiger partial charge in [0, 0.05) is 35.9 Å². The molecule has 0 aliphatic carbocycles. The van der Waals surface area contributed by atoms with Crippen LogP contribution in [0.5, 0.6) is 0 Å². The summed E-state index contributed by atoms with van der Waals surface area (Å²) in [6.07, 6.45) is 10.3. The van der Waals surface area contributed by atoms with E-state index in [4.69, 9.17) is 0 Å². The Kier molecular flexibility index (Phi) is 3.78. The molecule has 0 spiro atoms. The van der Waals surface area contributed by atoms with Gasteiger partial charge < -0.3 is 0 Å². The average Bonchev–Trinajstić information content (AvgIpc) is 2.70. The number of hydrogen-bond donors (Lipinski definition) is 0. The van der Waals surface area contributed by atoms with Gasteiger partial charge in [0.15, 0.2) is 0 Å². The van der Waals surface area contributed by atoms with Crippen LogP contribution in [0.15, 0.2) is 85.7 Å². The van der Waals surface area contributed by atoms with Gasteiger partial charge in [0.05, 0.1) is 23.8 Å². The van der Waals surface area contributed by atoms with Crippen LogP contribution in [0.4, 0.5) is 0 Å². The number of aromatic nitrogens is 4. The van der Waals surface area contributed by atoms with Crippen LogP contribution >= 0.6 is 0 Å². The maximum Gasteiger partial charge on any atom is 0.0885 e. The largest absolute Gasteiger partial charge is 0.261 e. The van der Waals surface area contributed by atoms with Gasteiger partial charge in [0.1, 0.15) is 0 Å². The number of benzene rings is 2. The van der Waals surface area contributed by atoms with Crippen LogP contribution in [0, 0.1) is 0 Å². The SMILES string of the molecule is c1cc(-c2cccc(-c3cnccn3)c2)cc(-c2cnccn2)c1. The van der Waals surface area contributed by atoms with E-state index in [0.717, 1.165) is 33.6 Å². The highest BCUT2D eigenvalue weighted by atomic mass is 14.8. The van der Waals surface area contributed by atoms with Crippen molar-refractivity contribution in [3.8, 4) is 33.6 Å². The lowest BCUT2D eigenvalue weighted by Crippen LogP contribution is -1.87. The zero-order valence-electron chi connectivity index (χ0n) is 12.9. The van der Waals surface area contributed by atoms with E-state index < -0.39 is 0 Å². The molecule has 4 rings (SSSR count). The maximum atomic E-state index is 4.37. The van der Waals surface area contributed by atoms with Crippen molar-refractivity contribution in [3.63, 3.8) is 0 Å². The van der Waals surface area contributed by atoms with E-state index in [2.05, 4.69) is 44.2 Å². The van der Waals surface area contributed by atoms with Crippen LogP contribution in [0.3, 0.4) is 0 Å². The van der Waals surface area contributed by atoms with E-state index >= 15 is 0 Å². The van der Waals surface area contributed by atoms with Gasteiger partial charge in [-0.25, -0.2) is 0 Å². The molecule has 0 amide bonds. The normalized spacial score (nSPS) is 10.5. The van der Waals surface area contributed by atoms with Gasteiger partial charge in [0.2, 0.25) is 0 Å². The molecule has 4 nitrogen and oxygen atoms in total. The van der Waals surface area contributed by atoms with Gasteiger partial charge in [-0.3, -0.25) is 19.9 Å². The molecule has 0 aliphatic rings. The predicted octanol–water partition coefficient (Wildman–Crippen LogP) is 4.27. The second kappa shape index (κ2) is 6.38. The molecule has 4 heteroatoms. The Balaban J connectivity index is 1.75. The Labute approximate surface area is 139 Å². The van der Waals surface area contributed by atoms with Gasteiger partial charge in [-0.2, -0.15) is 0 Å². The Morgan fingerprint density at radius 2 is 0.958 bits per heavy atom. The second-order valence-corrected chi connectivity index (χ2v) is 5.34. The zero-order chi connectivity index (χ0) is 16.2. The van der Waals surface area contributed by atoms with Crippen molar-refractivity contribution in [1.29, 1.82) is 0 Å². The third-order valence-electron chi connectivity index (χ3n) is 3.78. The molecule has 2 heterocycles. The predicted molar refractivity (Wildman–Crippen MR) is 93.9 cm³/mol. The Bertz CT molecular complexity index is 872. The van der Waals surface area contributed by atoms with Crippen molar-refractivity contribution in [2.75, 3.05) is 0 Å². The van der Waals surface area contributed by atoms with E-state index in [0.29, 0.717) is 0 Å². The van der Waals surface area contributed by atoms with Crippen molar-refractivity contribution in [2.24, 2.45) is 0 Å². The van der Waals surface area contributed by atoms with Crippen molar-refractivity contribution < 1.29 is 0 Å². The van der Waals surface area contributed by atoms with Crippen molar-refractivity contribution in [3.05, 3.63) is 85.7 Å². The quantitative estimate of drug-likeness (QED) is 0.567. The molecule has 0 unspecified atom stereocenters. The van der Waals surface area contributed by atoms with E-state index in [9.17, 15) is 0 Å². The lowest BCUT2D eigenvalue weighted by molar-refractivity contribution is 1.20. The van der Waals surface area contributed by atoms with E-state index in [1.807, 2.05) is 24.3 Å². The monoisotopic (exact) mass is 310 g/mol. The van der Waals surface area contributed by atoms with Gasteiger partial charge in [-0.15, -0.1) is 0 Å². The third kappa shape index (κ3) is 2.90. The molecular formula is C20H14N4. The van der Waals surface area contributed by atoms with E-state index in [1.165, 1.54) is 0 Å². The highest BCUT2D eigenvalue weighted by molar-refractivity contribution is 5.74. The maximum absolute atomic E-state index is 4.37. The van der Waals surface area contributed by atoms with Crippen LogP contribution in [0.25, 0.3) is 33.6 Å². The first-order chi connectivity index (χ1) is 11.9.